The van der Waals surface area contributed by atoms with Crippen LogP contribution in [0.2, 0.25) is 10.0 Å². The van der Waals surface area contributed by atoms with Crippen molar-refractivity contribution in [2.45, 2.75) is 16.9 Å². The molecule has 0 aromatic heterocycles. The number of hydrogen-bond donors (Lipinski definition) is 3. The Hall–Kier alpha value is -0.170. The Morgan fingerprint density at radius 2 is 1.71 bits per heavy atom. The van der Waals surface area contributed by atoms with Crippen LogP contribution in [-0.2, 0) is 4.79 Å². The molecular weight excluding hydrogens is 399 g/mol. The molecule has 0 spiro atoms. The van der Waals surface area contributed by atoms with Gasteiger partial charge in [0.2, 0.25) is 9.70 Å². The normalized spacial score (nSPS) is 12.5. The summed E-state index contributed by atoms with van der Waals surface area (Å²) in [5.41, 5.74) is 0.407. The van der Waals surface area contributed by atoms with E-state index in [1.54, 1.807) is 18.2 Å². The van der Waals surface area contributed by atoms with Gasteiger partial charge in [0, 0.05) is 6.92 Å². The molecule has 0 aliphatic carbocycles. The highest BCUT2D eigenvalue weighted by Crippen LogP contribution is 2.31. The van der Waals surface area contributed by atoms with Crippen LogP contribution >= 0.6 is 70.2 Å². The Morgan fingerprint density at radius 1 is 1.19 bits per heavy atom. The minimum Gasteiger partial charge on any atom is -0.339 e. The SMILES string of the molecule is CC(=O)N[C@@H](NC(=S)Nc1c(Cl)cccc1Cl)C(Cl)(Cl)Cl. The topological polar surface area (TPSA) is 53.2 Å². The van der Waals surface area contributed by atoms with E-state index < -0.39 is 15.9 Å². The summed E-state index contributed by atoms with van der Waals surface area (Å²) in [7, 11) is 0. The summed E-state index contributed by atoms with van der Waals surface area (Å²) in [6.07, 6.45) is -1.03. The maximum atomic E-state index is 11.1. The number of halogens is 5. The van der Waals surface area contributed by atoms with E-state index in [9.17, 15) is 4.79 Å². The predicted octanol–water partition coefficient (Wildman–Crippen LogP) is 4.11. The van der Waals surface area contributed by atoms with Crippen LogP contribution in [0.15, 0.2) is 18.2 Å². The second kappa shape index (κ2) is 7.90. The summed E-state index contributed by atoms with van der Waals surface area (Å²) < 4.78 is -1.80. The predicted molar refractivity (Wildman–Crippen MR) is 93.7 cm³/mol. The van der Waals surface area contributed by atoms with Crippen LogP contribution in [-0.4, -0.2) is 21.0 Å². The van der Waals surface area contributed by atoms with Crippen LogP contribution in [0.5, 0.6) is 0 Å². The van der Waals surface area contributed by atoms with Crippen molar-refractivity contribution in [1.82, 2.24) is 10.6 Å². The van der Waals surface area contributed by atoms with E-state index in [1.165, 1.54) is 6.92 Å². The van der Waals surface area contributed by atoms with Crippen molar-refractivity contribution in [3.05, 3.63) is 28.2 Å². The van der Waals surface area contributed by atoms with Gasteiger partial charge in [0.15, 0.2) is 5.11 Å². The molecule has 10 heteroatoms. The molecule has 3 N–H and O–H groups in total. The van der Waals surface area contributed by atoms with E-state index in [-0.39, 0.29) is 5.11 Å². The molecule has 0 radical (unpaired) electrons. The zero-order chi connectivity index (χ0) is 16.2. The van der Waals surface area contributed by atoms with Gasteiger partial charge in [-0.3, -0.25) is 4.79 Å². The van der Waals surface area contributed by atoms with Gasteiger partial charge in [0.1, 0.15) is 6.17 Å². The van der Waals surface area contributed by atoms with Gasteiger partial charge in [0.25, 0.3) is 0 Å². The lowest BCUT2D eigenvalue weighted by Gasteiger charge is -2.27. The Kier molecular flexibility index (Phi) is 7.10. The molecule has 1 rings (SSSR count). The third kappa shape index (κ3) is 6.22. The highest BCUT2D eigenvalue weighted by Gasteiger charge is 2.34. The summed E-state index contributed by atoms with van der Waals surface area (Å²) in [4.78, 5) is 11.1. The Bertz CT molecular complexity index is 529. The molecule has 0 unspecified atom stereocenters. The van der Waals surface area contributed by atoms with Gasteiger partial charge in [-0.1, -0.05) is 64.1 Å². The fraction of sp³-hybridized carbons (Fsp3) is 0.273. The zero-order valence-electron chi connectivity index (χ0n) is 10.5. The standard InChI is InChI=1S/C11H10Cl5N3OS/c1-5(20)17-9(11(14,15)16)19-10(21)18-8-6(12)3-2-4-7(8)13/h2-4,9H,1H3,(H,17,20)(H2,18,19,21)/t9-/m0/s1. The number of benzene rings is 1. The first-order chi connectivity index (χ1) is 9.61. The number of carbonyl (C=O) groups is 1. The Balaban J connectivity index is 2.81. The Labute approximate surface area is 152 Å². The minimum absolute atomic E-state index is 0.0788. The molecule has 0 aliphatic heterocycles. The van der Waals surface area contributed by atoms with Crippen molar-refractivity contribution < 1.29 is 4.79 Å². The molecule has 1 atom stereocenters. The molecule has 0 saturated carbocycles. The van der Waals surface area contributed by atoms with E-state index >= 15 is 0 Å². The van der Waals surface area contributed by atoms with Gasteiger partial charge >= 0.3 is 0 Å². The van der Waals surface area contributed by atoms with Crippen LogP contribution in [0.25, 0.3) is 0 Å². The number of rotatable bonds is 3. The molecule has 21 heavy (non-hydrogen) atoms. The van der Waals surface area contributed by atoms with Crippen molar-refractivity contribution in [1.29, 1.82) is 0 Å². The van der Waals surface area contributed by atoms with Crippen molar-refractivity contribution in [2.24, 2.45) is 0 Å². The van der Waals surface area contributed by atoms with Gasteiger partial charge in [-0.15, -0.1) is 0 Å². The van der Waals surface area contributed by atoms with Crippen molar-refractivity contribution in [2.75, 3.05) is 5.32 Å². The molecule has 1 aromatic carbocycles. The smallest absolute Gasteiger partial charge is 0.228 e. The number of nitrogens with one attached hydrogen (secondary N) is 3. The summed E-state index contributed by atoms with van der Waals surface area (Å²) in [6, 6.07) is 4.96. The maximum absolute atomic E-state index is 11.1. The van der Waals surface area contributed by atoms with Crippen LogP contribution in [0, 0.1) is 0 Å². The lowest BCUT2D eigenvalue weighted by Crippen LogP contribution is -2.55. The zero-order valence-corrected chi connectivity index (χ0v) is 15.1. The first-order valence-corrected chi connectivity index (χ1v) is 7.76. The fourth-order valence-corrected chi connectivity index (χ4v) is 2.34. The molecule has 0 saturated heterocycles. The average molecular weight is 410 g/mol. The summed E-state index contributed by atoms with van der Waals surface area (Å²) >= 11 is 34.4. The first-order valence-electron chi connectivity index (χ1n) is 5.46. The van der Waals surface area contributed by atoms with Crippen LogP contribution < -0.4 is 16.0 Å². The second-order valence-electron chi connectivity index (χ2n) is 3.87. The van der Waals surface area contributed by atoms with Gasteiger partial charge in [0.05, 0.1) is 15.7 Å². The minimum atomic E-state index is -1.80. The number of thiocarbonyl (C=S) groups is 1. The highest BCUT2D eigenvalue weighted by atomic mass is 35.6. The third-order valence-electron chi connectivity index (χ3n) is 2.15. The molecule has 0 heterocycles. The van der Waals surface area contributed by atoms with Gasteiger partial charge in [-0.25, -0.2) is 0 Å². The van der Waals surface area contributed by atoms with Crippen LogP contribution in [0.4, 0.5) is 5.69 Å². The van der Waals surface area contributed by atoms with Crippen molar-refractivity contribution in [3.8, 4) is 0 Å². The lowest BCUT2D eigenvalue weighted by atomic mass is 10.3. The fourth-order valence-electron chi connectivity index (χ4n) is 1.30. The summed E-state index contributed by atoms with van der Waals surface area (Å²) in [6.45, 7) is 1.28. The number of anilines is 1. The molecule has 1 amide bonds. The number of amides is 1. The first kappa shape index (κ1) is 18.9. The van der Waals surface area contributed by atoms with E-state index in [2.05, 4.69) is 16.0 Å². The molecule has 4 nitrogen and oxygen atoms in total. The lowest BCUT2D eigenvalue weighted by molar-refractivity contribution is -0.119. The maximum Gasteiger partial charge on any atom is 0.228 e. The molecular formula is C11H10Cl5N3OS. The van der Waals surface area contributed by atoms with Crippen LogP contribution in [0.1, 0.15) is 6.92 Å². The van der Waals surface area contributed by atoms with E-state index in [1.807, 2.05) is 0 Å². The number of para-hydroxylation sites is 1. The molecule has 0 aliphatic rings. The van der Waals surface area contributed by atoms with Gasteiger partial charge in [-0.05, 0) is 24.4 Å². The molecule has 0 bridgehead atoms. The van der Waals surface area contributed by atoms with E-state index in [0.29, 0.717) is 15.7 Å². The Morgan fingerprint density at radius 3 is 2.14 bits per heavy atom. The molecule has 1 aromatic rings. The van der Waals surface area contributed by atoms with E-state index in [4.69, 9.17) is 70.2 Å². The van der Waals surface area contributed by atoms with Gasteiger partial charge in [-0.2, -0.15) is 0 Å². The summed E-state index contributed by atoms with van der Waals surface area (Å²) in [5, 5.41) is 8.70. The largest absolute Gasteiger partial charge is 0.339 e. The monoisotopic (exact) mass is 407 g/mol. The van der Waals surface area contributed by atoms with E-state index in [0.717, 1.165) is 0 Å². The number of alkyl halides is 3. The van der Waals surface area contributed by atoms with Crippen molar-refractivity contribution in [3.63, 3.8) is 0 Å². The van der Waals surface area contributed by atoms with Gasteiger partial charge < -0.3 is 16.0 Å². The number of hydrogen-bond acceptors (Lipinski definition) is 2. The third-order valence-corrected chi connectivity index (χ3v) is 3.66. The highest BCUT2D eigenvalue weighted by molar-refractivity contribution is 7.80. The van der Waals surface area contributed by atoms with Crippen LogP contribution in [0.3, 0.4) is 0 Å². The summed E-state index contributed by atoms with van der Waals surface area (Å²) in [5.74, 6) is -0.391. The molecule has 116 valence electrons. The average Bonchev–Trinajstić information content (AvgIpc) is 2.31. The van der Waals surface area contributed by atoms with Crippen molar-refractivity contribution >= 4 is 86.9 Å². The second-order valence-corrected chi connectivity index (χ2v) is 7.46. The number of carbonyl (C=O) groups excluding carboxylic acids is 1. The quantitative estimate of drug-likeness (QED) is 0.400. The molecule has 0 fully saturated rings.